The molecule has 0 heterocycles. The number of aryl methyl sites for hydroxylation is 1. The van der Waals surface area contributed by atoms with Crippen LogP contribution in [0.1, 0.15) is 37.4 Å². The van der Waals surface area contributed by atoms with Crippen LogP contribution in [0.25, 0.3) is 0 Å². The van der Waals surface area contributed by atoms with Crippen LogP contribution < -0.4 is 15.5 Å². The van der Waals surface area contributed by atoms with Gasteiger partial charge in [0.15, 0.2) is 5.78 Å². The van der Waals surface area contributed by atoms with E-state index in [-0.39, 0.29) is 34.2 Å². The second-order valence-corrected chi connectivity index (χ2v) is 8.78. The largest absolute Gasteiger partial charge is 0.497 e. The van der Waals surface area contributed by atoms with Gasteiger partial charge < -0.3 is 10.1 Å². The number of carbonyl (C=O) groups excluding carboxylic acids is 2. The Hall–Kier alpha value is -4.27. The van der Waals surface area contributed by atoms with Crippen LogP contribution in [0.15, 0.2) is 78.9 Å². The number of nitrogens with one attached hydrogen (secondary N) is 2. The van der Waals surface area contributed by atoms with Gasteiger partial charge in [0, 0.05) is 28.4 Å². The molecule has 4 rings (SSSR count). The van der Waals surface area contributed by atoms with Gasteiger partial charge in [-0.25, -0.2) is 14.3 Å². The zero-order valence-electron chi connectivity index (χ0n) is 20.5. The highest BCUT2D eigenvalue weighted by atomic mass is 35.5. The van der Waals surface area contributed by atoms with E-state index in [1.54, 1.807) is 44.4 Å². The first-order valence-corrected chi connectivity index (χ1v) is 11.8. The van der Waals surface area contributed by atoms with Gasteiger partial charge in [-0.3, -0.25) is 14.4 Å². The number of carbonyl (C=O) groups is 2. The van der Waals surface area contributed by atoms with Gasteiger partial charge >= 0.3 is 0 Å². The van der Waals surface area contributed by atoms with E-state index in [4.69, 9.17) is 21.2 Å². The number of amides is 1. The fourth-order valence-corrected chi connectivity index (χ4v) is 3.91. The second-order valence-electron chi connectivity index (χ2n) is 8.37. The highest BCUT2D eigenvalue weighted by Gasteiger charge is 2.18. The molecule has 0 spiro atoms. The predicted molar refractivity (Wildman–Crippen MR) is 141 cm³/mol. The molecule has 0 bridgehead atoms. The molecule has 0 aliphatic heterocycles. The molecular weight excluding hydrogens is 514 g/mol. The molecular formula is C29H23ClF2N2O4. The Kier molecular flexibility index (Phi) is 8.35. The number of halogens is 3. The van der Waals surface area contributed by atoms with Crippen LogP contribution in [0, 0.1) is 18.6 Å². The van der Waals surface area contributed by atoms with E-state index in [9.17, 15) is 18.4 Å². The zero-order valence-corrected chi connectivity index (χ0v) is 21.2. The molecule has 0 radical (unpaired) electrons. The smallest absolute Gasteiger partial charge is 0.274 e. The van der Waals surface area contributed by atoms with Crippen LogP contribution >= 0.6 is 11.6 Å². The molecule has 6 nitrogen and oxygen atoms in total. The van der Waals surface area contributed by atoms with E-state index >= 15 is 0 Å². The van der Waals surface area contributed by atoms with Crippen LogP contribution in [0.2, 0.25) is 5.02 Å². The number of ether oxygens (including phenoxy) is 1. The summed E-state index contributed by atoms with van der Waals surface area (Å²) in [7, 11) is 1.57. The molecule has 2 N–H and O–H groups in total. The Morgan fingerprint density at radius 2 is 1.66 bits per heavy atom. The summed E-state index contributed by atoms with van der Waals surface area (Å²) in [4.78, 5) is 31.3. The summed E-state index contributed by atoms with van der Waals surface area (Å²) < 4.78 is 32.2. The Morgan fingerprint density at radius 3 is 2.34 bits per heavy atom. The second kappa shape index (κ2) is 11.9. The van der Waals surface area contributed by atoms with E-state index in [2.05, 4.69) is 10.8 Å². The number of benzene rings is 4. The highest BCUT2D eigenvalue weighted by molar-refractivity contribution is 6.35. The molecule has 4 aromatic rings. The monoisotopic (exact) mass is 536 g/mol. The molecule has 0 saturated heterocycles. The Morgan fingerprint density at radius 1 is 0.895 bits per heavy atom. The molecule has 0 saturated carbocycles. The van der Waals surface area contributed by atoms with Crippen LogP contribution in [0.5, 0.6) is 5.75 Å². The standard InChI is InChI=1S/C29H23ClF2N2O4/c1-17-3-6-19(29(36)34-38-16-18-4-9-22(37-2)10-5-18)13-24(17)28(35)23-11-8-21(15-25(23)30)33-27-12-7-20(31)14-26(27)32/h3-15,33H,16H2,1-2H3,(H,34,36). The quantitative estimate of drug-likeness (QED) is 0.182. The average Bonchev–Trinajstić information content (AvgIpc) is 2.90. The number of anilines is 2. The fraction of sp³-hybridized carbons (Fsp3) is 0.103. The van der Waals surface area contributed by atoms with E-state index in [0.717, 1.165) is 17.7 Å². The van der Waals surface area contributed by atoms with Gasteiger partial charge in [-0.2, -0.15) is 0 Å². The van der Waals surface area contributed by atoms with E-state index in [1.807, 2.05) is 12.1 Å². The molecule has 9 heteroatoms. The summed E-state index contributed by atoms with van der Waals surface area (Å²) in [5, 5.41) is 2.93. The van der Waals surface area contributed by atoms with Crippen LogP contribution in [-0.2, 0) is 11.4 Å². The number of hydroxylamine groups is 1. The van der Waals surface area contributed by atoms with Crippen molar-refractivity contribution in [3.05, 3.63) is 123 Å². The minimum Gasteiger partial charge on any atom is -0.497 e. The van der Waals surface area contributed by atoms with Crippen LogP contribution in [-0.4, -0.2) is 18.8 Å². The first-order chi connectivity index (χ1) is 18.2. The Bertz CT molecular complexity index is 1490. The summed E-state index contributed by atoms with van der Waals surface area (Å²) in [5.41, 5.74) is 5.06. The maximum atomic E-state index is 14.0. The molecule has 0 fully saturated rings. The van der Waals surface area contributed by atoms with Gasteiger partial charge in [0.25, 0.3) is 5.91 Å². The molecule has 1 amide bonds. The normalized spacial score (nSPS) is 10.7. The lowest BCUT2D eigenvalue weighted by molar-refractivity contribution is 0.0233. The average molecular weight is 537 g/mol. The van der Waals surface area contributed by atoms with E-state index in [0.29, 0.717) is 22.6 Å². The van der Waals surface area contributed by atoms with Gasteiger partial charge in [0.05, 0.1) is 24.4 Å². The molecule has 38 heavy (non-hydrogen) atoms. The van der Waals surface area contributed by atoms with Crippen molar-refractivity contribution < 1.29 is 27.9 Å². The molecule has 0 aromatic heterocycles. The third kappa shape index (κ3) is 6.34. The first-order valence-electron chi connectivity index (χ1n) is 11.5. The van der Waals surface area contributed by atoms with Gasteiger partial charge in [-0.15, -0.1) is 0 Å². The summed E-state index contributed by atoms with van der Waals surface area (Å²) in [5.74, 6) is -1.65. The third-order valence-electron chi connectivity index (χ3n) is 5.73. The fourth-order valence-electron chi connectivity index (χ4n) is 3.64. The van der Waals surface area contributed by atoms with Crippen molar-refractivity contribution in [3.63, 3.8) is 0 Å². The van der Waals surface area contributed by atoms with Crippen molar-refractivity contribution in [2.45, 2.75) is 13.5 Å². The van der Waals surface area contributed by atoms with Gasteiger partial charge in [-0.1, -0.05) is 29.8 Å². The maximum Gasteiger partial charge on any atom is 0.274 e. The lowest BCUT2D eigenvalue weighted by Gasteiger charge is -2.12. The number of ketones is 1. The van der Waals surface area contributed by atoms with Crippen LogP contribution in [0.4, 0.5) is 20.2 Å². The maximum absolute atomic E-state index is 14.0. The predicted octanol–water partition coefficient (Wildman–Crippen LogP) is 6.77. The molecule has 0 aliphatic carbocycles. The third-order valence-corrected chi connectivity index (χ3v) is 6.04. The zero-order chi connectivity index (χ0) is 27.2. The minimum absolute atomic E-state index is 0.0605. The Labute approximate surface area is 223 Å². The van der Waals surface area contributed by atoms with Crippen molar-refractivity contribution in [2.24, 2.45) is 0 Å². The van der Waals surface area contributed by atoms with Crippen molar-refractivity contribution >= 4 is 34.7 Å². The molecule has 0 unspecified atom stereocenters. The topological polar surface area (TPSA) is 76.7 Å². The van der Waals surface area contributed by atoms with Crippen molar-refractivity contribution in [1.82, 2.24) is 5.48 Å². The number of rotatable bonds is 9. The van der Waals surface area contributed by atoms with Crippen molar-refractivity contribution in [2.75, 3.05) is 12.4 Å². The van der Waals surface area contributed by atoms with Gasteiger partial charge in [0.1, 0.15) is 17.4 Å². The number of hydrogen-bond donors (Lipinski definition) is 2. The van der Waals surface area contributed by atoms with E-state index < -0.39 is 17.5 Å². The molecule has 0 aliphatic rings. The highest BCUT2D eigenvalue weighted by Crippen LogP contribution is 2.28. The minimum atomic E-state index is -0.764. The summed E-state index contributed by atoms with van der Waals surface area (Å²) in [6, 6.07) is 19.6. The Balaban J connectivity index is 1.45. The van der Waals surface area contributed by atoms with E-state index in [1.165, 1.54) is 24.3 Å². The van der Waals surface area contributed by atoms with Crippen LogP contribution in [0.3, 0.4) is 0 Å². The lowest BCUT2D eigenvalue weighted by Crippen LogP contribution is -2.24. The molecule has 4 aromatic carbocycles. The molecule has 194 valence electrons. The summed E-state index contributed by atoms with van der Waals surface area (Å²) in [6.45, 7) is 1.89. The lowest BCUT2D eigenvalue weighted by atomic mass is 9.96. The number of hydrogen-bond acceptors (Lipinski definition) is 5. The van der Waals surface area contributed by atoms with Crippen molar-refractivity contribution in [1.29, 1.82) is 0 Å². The first kappa shape index (κ1) is 26.8. The van der Waals surface area contributed by atoms with Crippen molar-refractivity contribution in [3.8, 4) is 5.75 Å². The SMILES string of the molecule is COc1ccc(CONC(=O)c2ccc(C)c(C(=O)c3ccc(Nc4ccc(F)cc4F)cc3Cl)c2)cc1. The molecule has 0 atom stereocenters. The van der Waals surface area contributed by atoms with Gasteiger partial charge in [0.2, 0.25) is 0 Å². The number of methoxy groups -OCH3 is 1. The van der Waals surface area contributed by atoms with Gasteiger partial charge in [-0.05, 0) is 72.6 Å². The summed E-state index contributed by atoms with van der Waals surface area (Å²) in [6.07, 6.45) is 0. The summed E-state index contributed by atoms with van der Waals surface area (Å²) >= 11 is 6.38.